The van der Waals surface area contributed by atoms with Gasteiger partial charge in [-0.25, -0.2) is 9.07 Å². The molecule has 0 saturated carbocycles. The van der Waals surface area contributed by atoms with E-state index in [0.717, 1.165) is 11.8 Å². The van der Waals surface area contributed by atoms with Crippen LogP contribution in [0.2, 0.25) is 0 Å². The quantitative estimate of drug-likeness (QED) is 0.505. The van der Waals surface area contributed by atoms with Crippen LogP contribution in [0.1, 0.15) is 12.5 Å². The van der Waals surface area contributed by atoms with Crippen LogP contribution in [0, 0.1) is 5.82 Å². The number of anilines is 2. The van der Waals surface area contributed by atoms with Crippen molar-refractivity contribution in [3.63, 3.8) is 0 Å². The Morgan fingerprint density at radius 3 is 2.79 bits per heavy atom. The summed E-state index contributed by atoms with van der Waals surface area (Å²) in [6.07, 6.45) is 3.45. The third-order valence-electron chi connectivity index (χ3n) is 5.37. The zero-order valence-electron chi connectivity index (χ0n) is 17.8. The SMILES string of the molecule is CC(O)(C(=O)Nc1ccc(CN)c(F)c1)C1OCCN(c2ccn(-c3ccncc3)n2)C1=O. The first kappa shape index (κ1) is 22.5. The number of carbonyl (C=O) groups excluding carboxylic acids is 2. The molecular weight excluding hydrogens is 431 g/mol. The third kappa shape index (κ3) is 4.46. The minimum atomic E-state index is -2.23. The van der Waals surface area contributed by atoms with Gasteiger partial charge in [-0.3, -0.25) is 19.5 Å². The fourth-order valence-electron chi connectivity index (χ4n) is 3.48. The van der Waals surface area contributed by atoms with E-state index in [1.165, 1.54) is 24.0 Å². The molecule has 0 spiro atoms. The van der Waals surface area contributed by atoms with Crippen molar-refractivity contribution in [1.29, 1.82) is 0 Å². The van der Waals surface area contributed by atoms with Gasteiger partial charge in [-0.05, 0) is 31.2 Å². The van der Waals surface area contributed by atoms with Crippen molar-refractivity contribution < 1.29 is 23.8 Å². The van der Waals surface area contributed by atoms with E-state index in [1.54, 1.807) is 41.5 Å². The van der Waals surface area contributed by atoms with E-state index >= 15 is 0 Å². The lowest BCUT2D eigenvalue weighted by Crippen LogP contribution is -2.61. The van der Waals surface area contributed by atoms with E-state index in [0.29, 0.717) is 5.82 Å². The van der Waals surface area contributed by atoms with Gasteiger partial charge in [-0.1, -0.05) is 6.07 Å². The summed E-state index contributed by atoms with van der Waals surface area (Å²) in [5.74, 6) is -1.77. The lowest BCUT2D eigenvalue weighted by atomic mass is 9.95. The molecule has 1 aliphatic heterocycles. The maximum Gasteiger partial charge on any atom is 0.260 e. The summed E-state index contributed by atoms with van der Waals surface area (Å²) >= 11 is 0. The second-order valence-electron chi connectivity index (χ2n) is 7.68. The van der Waals surface area contributed by atoms with E-state index in [4.69, 9.17) is 10.5 Å². The van der Waals surface area contributed by atoms with Crippen molar-refractivity contribution in [2.75, 3.05) is 23.4 Å². The highest BCUT2D eigenvalue weighted by Gasteiger charge is 2.48. The van der Waals surface area contributed by atoms with E-state index < -0.39 is 29.3 Å². The minimum Gasteiger partial charge on any atom is -0.377 e. The van der Waals surface area contributed by atoms with Gasteiger partial charge >= 0.3 is 0 Å². The molecule has 3 aromatic rings. The molecule has 1 fully saturated rings. The van der Waals surface area contributed by atoms with E-state index in [-0.39, 0.29) is 30.9 Å². The van der Waals surface area contributed by atoms with Crippen LogP contribution in [-0.4, -0.2) is 56.5 Å². The van der Waals surface area contributed by atoms with Gasteiger partial charge < -0.3 is 20.9 Å². The largest absolute Gasteiger partial charge is 0.377 e. The van der Waals surface area contributed by atoms with Crippen LogP contribution in [-0.2, 0) is 20.9 Å². The average molecular weight is 454 g/mol. The number of aromatic nitrogens is 3. The molecule has 2 atom stereocenters. The molecule has 2 unspecified atom stereocenters. The van der Waals surface area contributed by atoms with Gasteiger partial charge in [0.2, 0.25) is 0 Å². The Kier molecular flexibility index (Phi) is 6.18. The number of nitrogens with zero attached hydrogens (tertiary/aromatic N) is 4. The average Bonchev–Trinajstić information content (AvgIpc) is 3.30. The lowest BCUT2D eigenvalue weighted by molar-refractivity contribution is -0.165. The normalized spacial score (nSPS) is 18.1. The molecule has 172 valence electrons. The second-order valence-corrected chi connectivity index (χ2v) is 7.68. The second kappa shape index (κ2) is 9.06. The molecule has 4 rings (SSSR count). The summed E-state index contributed by atoms with van der Waals surface area (Å²) < 4.78 is 21.1. The van der Waals surface area contributed by atoms with Crippen LogP contribution in [0.3, 0.4) is 0 Å². The number of ether oxygens (including phenoxy) is 1. The molecular formula is C22H23FN6O4. The number of hydrogen-bond acceptors (Lipinski definition) is 7. The molecule has 11 heteroatoms. The number of morpholine rings is 1. The Labute approximate surface area is 188 Å². The van der Waals surface area contributed by atoms with Crippen LogP contribution >= 0.6 is 0 Å². The minimum absolute atomic E-state index is 0.00888. The van der Waals surface area contributed by atoms with Crippen LogP contribution in [0.15, 0.2) is 55.0 Å². The van der Waals surface area contributed by atoms with Gasteiger partial charge in [-0.2, -0.15) is 0 Å². The zero-order valence-corrected chi connectivity index (χ0v) is 17.8. The van der Waals surface area contributed by atoms with Crippen LogP contribution < -0.4 is 16.0 Å². The molecule has 1 saturated heterocycles. The molecule has 3 heterocycles. The van der Waals surface area contributed by atoms with Crippen molar-refractivity contribution in [3.8, 4) is 5.69 Å². The van der Waals surface area contributed by atoms with Crippen LogP contribution in [0.25, 0.3) is 5.69 Å². The predicted octanol–water partition coefficient (Wildman–Crippen LogP) is 0.987. The van der Waals surface area contributed by atoms with Crippen molar-refractivity contribution >= 4 is 23.3 Å². The predicted molar refractivity (Wildman–Crippen MR) is 117 cm³/mol. The first-order chi connectivity index (χ1) is 15.8. The third-order valence-corrected chi connectivity index (χ3v) is 5.37. The van der Waals surface area contributed by atoms with Gasteiger partial charge in [0, 0.05) is 42.5 Å². The first-order valence-electron chi connectivity index (χ1n) is 10.2. The Morgan fingerprint density at radius 2 is 2.09 bits per heavy atom. The molecule has 0 bridgehead atoms. The summed E-state index contributed by atoms with van der Waals surface area (Å²) in [5, 5.41) is 17.8. The number of pyridine rings is 1. The maximum atomic E-state index is 14.0. The van der Waals surface area contributed by atoms with Crippen molar-refractivity contribution in [3.05, 3.63) is 66.4 Å². The van der Waals surface area contributed by atoms with Gasteiger partial charge in [0.15, 0.2) is 17.5 Å². The Hall–Kier alpha value is -3.67. The first-order valence-corrected chi connectivity index (χ1v) is 10.2. The number of carbonyl (C=O) groups is 2. The van der Waals surface area contributed by atoms with E-state index in [1.807, 2.05) is 0 Å². The number of rotatable bonds is 6. The Morgan fingerprint density at radius 1 is 1.33 bits per heavy atom. The summed E-state index contributed by atoms with van der Waals surface area (Å²) in [6, 6.07) is 9.16. The highest BCUT2D eigenvalue weighted by molar-refractivity contribution is 6.05. The van der Waals surface area contributed by atoms with Gasteiger partial charge in [0.1, 0.15) is 5.82 Å². The summed E-state index contributed by atoms with van der Waals surface area (Å²) in [4.78, 5) is 31.2. The molecule has 10 nitrogen and oxygen atoms in total. The van der Waals surface area contributed by atoms with Crippen molar-refractivity contribution in [1.82, 2.24) is 14.8 Å². The molecule has 0 radical (unpaired) electrons. The summed E-state index contributed by atoms with van der Waals surface area (Å²) in [7, 11) is 0. The summed E-state index contributed by atoms with van der Waals surface area (Å²) in [5.41, 5.74) is 4.37. The van der Waals surface area contributed by atoms with Gasteiger partial charge in [-0.15, -0.1) is 5.10 Å². The molecule has 2 amide bonds. The topological polar surface area (TPSA) is 136 Å². The van der Waals surface area contributed by atoms with E-state index in [2.05, 4.69) is 15.4 Å². The molecule has 1 aromatic carbocycles. The van der Waals surface area contributed by atoms with Crippen molar-refractivity contribution in [2.45, 2.75) is 25.2 Å². The zero-order chi connectivity index (χ0) is 23.6. The smallest absolute Gasteiger partial charge is 0.260 e. The number of nitrogens with two attached hydrogens (primary N) is 1. The maximum absolute atomic E-state index is 14.0. The number of nitrogens with one attached hydrogen (secondary N) is 1. The highest BCUT2D eigenvalue weighted by Crippen LogP contribution is 2.26. The number of benzene rings is 1. The number of halogens is 1. The Balaban J connectivity index is 1.51. The van der Waals surface area contributed by atoms with Crippen LogP contribution in [0.4, 0.5) is 15.9 Å². The number of hydrogen-bond donors (Lipinski definition) is 3. The number of amides is 2. The number of aliphatic hydroxyl groups is 1. The molecule has 2 aromatic heterocycles. The fraction of sp³-hybridized carbons (Fsp3) is 0.273. The molecule has 1 aliphatic rings. The fourth-order valence-corrected chi connectivity index (χ4v) is 3.48. The highest BCUT2D eigenvalue weighted by atomic mass is 19.1. The molecule has 33 heavy (non-hydrogen) atoms. The van der Waals surface area contributed by atoms with Gasteiger partial charge in [0.25, 0.3) is 11.8 Å². The lowest BCUT2D eigenvalue weighted by Gasteiger charge is -2.37. The summed E-state index contributed by atoms with van der Waals surface area (Å²) in [6.45, 7) is 1.47. The monoisotopic (exact) mass is 454 g/mol. The van der Waals surface area contributed by atoms with E-state index in [9.17, 15) is 19.1 Å². The molecule has 0 aliphatic carbocycles. The van der Waals surface area contributed by atoms with Gasteiger partial charge in [0.05, 0.1) is 18.8 Å². The molecule has 4 N–H and O–H groups in total. The Bertz CT molecular complexity index is 1170. The standard InChI is InChI=1S/C22H23FN6O4/c1-22(32,21(31)26-15-3-2-14(13-24)17(23)12-15)19-20(30)28(10-11-33-19)18-6-9-29(27-18)16-4-7-25-8-5-16/h2-9,12,19,32H,10-11,13,24H2,1H3,(H,26,31). The van der Waals surface area contributed by atoms with Crippen LogP contribution in [0.5, 0.6) is 0 Å². The van der Waals surface area contributed by atoms with Crippen molar-refractivity contribution in [2.24, 2.45) is 5.73 Å².